The fourth-order valence-corrected chi connectivity index (χ4v) is 1.61. The third kappa shape index (κ3) is 1.82. The zero-order valence-corrected chi connectivity index (χ0v) is 8.03. The van der Waals surface area contributed by atoms with Crippen LogP contribution in [0.2, 0.25) is 0 Å². The molecule has 1 aromatic rings. The molecule has 0 fully saturated rings. The van der Waals surface area contributed by atoms with Gasteiger partial charge in [-0.05, 0) is 12.5 Å². The lowest BCUT2D eigenvalue weighted by Gasteiger charge is -2.19. The number of hydrogen-bond donors (Lipinski definition) is 1. The number of amides is 1. The van der Waals surface area contributed by atoms with Crippen LogP contribution in [0.4, 0.5) is 0 Å². The maximum absolute atomic E-state index is 11.3. The number of hydrogen-bond acceptors (Lipinski definition) is 2. The minimum atomic E-state index is -0.00931. The van der Waals surface area contributed by atoms with E-state index in [2.05, 4.69) is 10.3 Å². The SMILES string of the molecule is CC1=NC(c2ccccc2)CC(=O)N1. The Morgan fingerprint density at radius 3 is 2.71 bits per heavy atom. The Morgan fingerprint density at radius 1 is 1.36 bits per heavy atom. The standard InChI is InChI=1S/C11H12N2O/c1-8-12-10(7-11(14)13-8)9-5-3-2-4-6-9/h2-6,10H,7H2,1H3,(H,12,13,14). The summed E-state index contributed by atoms with van der Waals surface area (Å²) in [4.78, 5) is 15.7. The van der Waals surface area contributed by atoms with E-state index in [1.54, 1.807) is 0 Å². The number of benzene rings is 1. The summed E-state index contributed by atoms with van der Waals surface area (Å²) in [6.45, 7) is 1.81. The number of amidine groups is 1. The molecule has 0 aromatic heterocycles. The van der Waals surface area contributed by atoms with Crippen molar-refractivity contribution < 1.29 is 4.79 Å². The summed E-state index contributed by atoms with van der Waals surface area (Å²) < 4.78 is 0. The molecule has 72 valence electrons. The average molecular weight is 188 g/mol. The number of nitrogens with one attached hydrogen (secondary N) is 1. The van der Waals surface area contributed by atoms with Crippen LogP contribution in [0.15, 0.2) is 35.3 Å². The molecular weight excluding hydrogens is 176 g/mol. The van der Waals surface area contributed by atoms with E-state index in [1.807, 2.05) is 37.3 Å². The van der Waals surface area contributed by atoms with Crippen LogP contribution in [0.3, 0.4) is 0 Å². The second-order valence-corrected chi connectivity index (χ2v) is 3.39. The van der Waals surface area contributed by atoms with Crippen LogP contribution < -0.4 is 5.32 Å². The molecule has 1 aliphatic rings. The topological polar surface area (TPSA) is 41.5 Å². The molecule has 3 nitrogen and oxygen atoms in total. The third-order valence-electron chi connectivity index (χ3n) is 2.23. The molecule has 1 N–H and O–H groups in total. The minimum Gasteiger partial charge on any atom is -0.315 e. The lowest BCUT2D eigenvalue weighted by molar-refractivity contribution is -0.120. The molecule has 0 aliphatic carbocycles. The van der Waals surface area contributed by atoms with E-state index < -0.39 is 0 Å². The molecule has 1 aromatic carbocycles. The molecule has 0 spiro atoms. The molecule has 0 saturated heterocycles. The summed E-state index contributed by atoms with van der Waals surface area (Å²) in [7, 11) is 0. The molecule has 1 heterocycles. The highest BCUT2D eigenvalue weighted by Crippen LogP contribution is 2.22. The van der Waals surface area contributed by atoms with E-state index in [9.17, 15) is 4.79 Å². The van der Waals surface area contributed by atoms with Crippen LogP contribution in [0, 0.1) is 0 Å². The number of carbonyl (C=O) groups excluding carboxylic acids is 1. The first-order valence-electron chi connectivity index (χ1n) is 4.65. The molecule has 1 amide bonds. The van der Waals surface area contributed by atoms with Crippen molar-refractivity contribution in [1.29, 1.82) is 0 Å². The summed E-state index contributed by atoms with van der Waals surface area (Å²) in [6.07, 6.45) is 0.446. The Morgan fingerprint density at radius 2 is 2.07 bits per heavy atom. The summed E-state index contributed by atoms with van der Waals surface area (Å²) in [6, 6.07) is 9.88. The van der Waals surface area contributed by atoms with Gasteiger partial charge in [-0.3, -0.25) is 9.79 Å². The Hall–Kier alpha value is -1.64. The number of rotatable bonds is 1. The number of nitrogens with zero attached hydrogens (tertiary/aromatic N) is 1. The first-order valence-corrected chi connectivity index (χ1v) is 4.65. The van der Waals surface area contributed by atoms with Crippen LogP contribution in [-0.4, -0.2) is 11.7 Å². The molecule has 3 heteroatoms. The smallest absolute Gasteiger partial charge is 0.227 e. The summed E-state index contributed by atoms with van der Waals surface area (Å²) in [5.41, 5.74) is 1.10. The van der Waals surface area contributed by atoms with Crippen molar-refractivity contribution in [2.24, 2.45) is 4.99 Å². The van der Waals surface area contributed by atoms with Gasteiger partial charge in [0.05, 0.1) is 12.5 Å². The molecule has 2 rings (SSSR count). The van der Waals surface area contributed by atoms with Gasteiger partial charge < -0.3 is 5.32 Å². The fraction of sp³-hybridized carbons (Fsp3) is 0.273. The van der Waals surface area contributed by atoms with E-state index >= 15 is 0 Å². The Balaban J connectivity index is 2.28. The molecule has 1 aliphatic heterocycles. The van der Waals surface area contributed by atoms with E-state index in [1.165, 1.54) is 0 Å². The van der Waals surface area contributed by atoms with E-state index in [0.717, 1.165) is 5.56 Å². The predicted molar refractivity (Wildman–Crippen MR) is 55.1 cm³/mol. The van der Waals surface area contributed by atoms with E-state index in [0.29, 0.717) is 12.3 Å². The number of carbonyl (C=O) groups is 1. The monoisotopic (exact) mass is 188 g/mol. The van der Waals surface area contributed by atoms with Crippen LogP contribution in [0.5, 0.6) is 0 Å². The predicted octanol–water partition coefficient (Wildman–Crippen LogP) is 1.67. The van der Waals surface area contributed by atoms with Crippen LogP contribution >= 0.6 is 0 Å². The van der Waals surface area contributed by atoms with Gasteiger partial charge in [-0.2, -0.15) is 0 Å². The van der Waals surface area contributed by atoms with Crippen molar-refractivity contribution in [1.82, 2.24) is 5.32 Å². The van der Waals surface area contributed by atoms with Gasteiger partial charge in [0.1, 0.15) is 5.84 Å². The van der Waals surface area contributed by atoms with Gasteiger partial charge in [-0.25, -0.2) is 0 Å². The quantitative estimate of drug-likeness (QED) is 0.715. The molecule has 14 heavy (non-hydrogen) atoms. The highest BCUT2D eigenvalue weighted by atomic mass is 16.1. The van der Waals surface area contributed by atoms with Gasteiger partial charge in [0.2, 0.25) is 5.91 Å². The molecule has 1 atom stereocenters. The first-order chi connectivity index (χ1) is 6.75. The zero-order valence-electron chi connectivity index (χ0n) is 8.03. The molecule has 1 unspecified atom stereocenters. The van der Waals surface area contributed by atoms with Gasteiger partial charge >= 0.3 is 0 Å². The average Bonchev–Trinajstić information content (AvgIpc) is 2.18. The minimum absolute atomic E-state index is 0.00931. The lowest BCUT2D eigenvalue weighted by Crippen LogP contribution is -2.33. The Bertz CT molecular complexity index is 370. The molecule has 0 radical (unpaired) electrons. The normalized spacial score (nSPS) is 21.4. The van der Waals surface area contributed by atoms with Crippen molar-refractivity contribution in [3.8, 4) is 0 Å². The highest BCUT2D eigenvalue weighted by molar-refractivity contribution is 5.99. The van der Waals surface area contributed by atoms with Crippen molar-refractivity contribution in [3.05, 3.63) is 35.9 Å². The zero-order chi connectivity index (χ0) is 9.97. The van der Waals surface area contributed by atoms with Crippen molar-refractivity contribution in [3.63, 3.8) is 0 Å². The van der Waals surface area contributed by atoms with Gasteiger partial charge in [-0.15, -0.1) is 0 Å². The fourth-order valence-electron chi connectivity index (χ4n) is 1.61. The first kappa shape index (κ1) is 8.94. The van der Waals surface area contributed by atoms with Crippen LogP contribution in [0.25, 0.3) is 0 Å². The summed E-state index contributed by atoms with van der Waals surface area (Å²) in [5.74, 6) is 0.751. The number of aliphatic imine (C=N–C) groups is 1. The van der Waals surface area contributed by atoms with Gasteiger partial charge in [0.25, 0.3) is 0 Å². The Kier molecular flexibility index (Phi) is 2.31. The van der Waals surface area contributed by atoms with Crippen LogP contribution in [0.1, 0.15) is 24.9 Å². The molecule has 0 bridgehead atoms. The van der Waals surface area contributed by atoms with Crippen molar-refractivity contribution in [2.45, 2.75) is 19.4 Å². The van der Waals surface area contributed by atoms with Crippen molar-refractivity contribution in [2.75, 3.05) is 0 Å². The van der Waals surface area contributed by atoms with Crippen LogP contribution in [-0.2, 0) is 4.79 Å². The second kappa shape index (κ2) is 3.62. The summed E-state index contributed by atoms with van der Waals surface area (Å²) >= 11 is 0. The van der Waals surface area contributed by atoms with Gasteiger partial charge in [0, 0.05) is 0 Å². The highest BCUT2D eigenvalue weighted by Gasteiger charge is 2.19. The molecular formula is C11H12N2O. The Labute approximate surface area is 82.9 Å². The van der Waals surface area contributed by atoms with Gasteiger partial charge in [-0.1, -0.05) is 30.3 Å². The lowest BCUT2D eigenvalue weighted by atomic mass is 10.0. The molecule has 0 saturated carbocycles. The largest absolute Gasteiger partial charge is 0.315 e. The maximum atomic E-state index is 11.3. The van der Waals surface area contributed by atoms with E-state index in [4.69, 9.17) is 0 Å². The van der Waals surface area contributed by atoms with Crippen molar-refractivity contribution >= 4 is 11.7 Å². The maximum Gasteiger partial charge on any atom is 0.227 e. The van der Waals surface area contributed by atoms with Gasteiger partial charge in [0.15, 0.2) is 0 Å². The third-order valence-corrected chi connectivity index (χ3v) is 2.23. The second-order valence-electron chi connectivity index (χ2n) is 3.39. The van der Waals surface area contributed by atoms with E-state index in [-0.39, 0.29) is 11.9 Å². The summed E-state index contributed by atoms with van der Waals surface area (Å²) in [5, 5.41) is 2.69.